The third-order valence-corrected chi connectivity index (χ3v) is 6.41. The van der Waals surface area contributed by atoms with Gasteiger partial charge in [-0.1, -0.05) is 35.9 Å². The number of halogens is 1. The fourth-order valence-electron chi connectivity index (χ4n) is 4.59. The molecule has 34 heavy (non-hydrogen) atoms. The largest absolute Gasteiger partial charge is 0.495 e. The van der Waals surface area contributed by atoms with E-state index in [9.17, 15) is 4.79 Å². The van der Waals surface area contributed by atoms with E-state index in [1.807, 2.05) is 49.4 Å². The number of anilines is 1. The summed E-state index contributed by atoms with van der Waals surface area (Å²) in [6.07, 6.45) is 0.373. The third-order valence-electron chi connectivity index (χ3n) is 6.18. The van der Waals surface area contributed by atoms with E-state index in [-0.39, 0.29) is 11.8 Å². The van der Waals surface area contributed by atoms with Crippen molar-refractivity contribution in [3.05, 3.63) is 83.1 Å². The van der Waals surface area contributed by atoms with Crippen molar-refractivity contribution in [2.24, 2.45) is 0 Å². The predicted molar refractivity (Wildman–Crippen MR) is 134 cm³/mol. The fourth-order valence-corrected chi connectivity index (χ4v) is 4.75. The summed E-state index contributed by atoms with van der Waals surface area (Å²) in [4.78, 5) is 19.7. The Hall–Kier alpha value is -3.51. The van der Waals surface area contributed by atoms with E-state index < -0.39 is 0 Å². The van der Waals surface area contributed by atoms with Crippen molar-refractivity contribution in [3.8, 4) is 11.5 Å². The Labute approximate surface area is 203 Å². The molecule has 1 aliphatic rings. The lowest BCUT2D eigenvalue weighted by molar-refractivity contribution is -0.117. The maximum absolute atomic E-state index is 13.1. The van der Waals surface area contributed by atoms with Crippen LogP contribution in [0, 0.1) is 6.92 Å². The van der Waals surface area contributed by atoms with E-state index in [1.54, 1.807) is 30.2 Å². The first kappa shape index (κ1) is 22.3. The molecule has 1 amide bonds. The Morgan fingerprint density at radius 3 is 2.76 bits per heavy atom. The highest BCUT2D eigenvalue weighted by Crippen LogP contribution is 2.38. The van der Waals surface area contributed by atoms with Crippen LogP contribution in [0.4, 0.5) is 5.69 Å². The molecule has 1 aliphatic heterocycles. The molecule has 174 valence electrons. The number of ether oxygens (including phenoxy) is 2. The van der Waals surface area contributed by atoms with Crippen molar-refractivity contribution < 1.29 is 14.3 Å². The number of hydrogen-bond acceptors (Lipinski definition) is 4. The second-order valence-electron chi connectivity index (χ2n) is 8.50. The second kappa shape index (κ2) is 9.39. The SMILES string of the molecule is COc1ccc(Cl)cc1N1C[C@@H](c2nc3ccccc3n2CCOc2cccc(C)c2)CC1=O. The van der Waals surface area contributed by atoms with Gasteiger partial charge in [-0.15, -0.1) is 0 Å². The number of carbonyl (C=O) groups is 1. The van der Waals surface area contributed by atoms with Gasteiger partial charge < -0.3 is 18.9 Å². The molecule has 1 atom stereocenters. The van der Waals surface area contributed by atoms with Crippen molar-refractivity contribution in [1.82, 2.24) is 9.55 Å². The summed E-state index contributed by atoms with van der Waals surface area (Å²) in [5.41, 5.74) is 3.80. The van der Waals surface area contributed by atoms with E-state index in [0.717, 1.165) is 28.2 Å². The first-order chi connectivity index (χ1) is 16.5. The zero-order valence-corrected chi connectivity index (χ0v) is 20.0. The standard InChI is InChI=1S/C27H26ClN3O3/c1-18-6-5-7-21(14-18)34-13-12-30-23-9-4-3-8-22(23)29-27(30)19-15-26(32)31(17-19)24-16-20(28)10-11-25(24)33-2/h3-11,14,16,19H,12-13,15,17H2,1-2H3/t19-/m0/s1. The molecule has 0 aliphatic carbocycles. The van der Waals surface area contributed by atoms with Crippen molar-refractivity contribution in [2.75, 3.05) is 25.2 Å². The minimum absolute atomic E-state index is 0.0279. The van der Waals surface area contributed by atoms with E-state index in [2.05, 4.69) is 10.6 Å². The minimum atomic E-state index is -0.0532. The number of nitrogens with zero attached hydrogens (tertiary/aromatic N) is 3. The molecule has 1 saturated heterocycles. The molecule has 1 aromatic heterocycles. The highest BCUT2D eigenvalue weighted by molar-refractivity contribution is 6.31. The molecule has 3 aromatic carbocycles. The number of benzene rings is 3. The van der Waals surface area contributed by atoms with Crippen LogP contribution in [0.1, 0.15) is 23.7 Å². The molecule has 1 fully saturated rings. The van der Waals surface area contributed by atoms with Crippen LogP contribution in [0.3, 0.4) is 0 Å². The Morgan fingerprint density at radius 1 is 1.09 bits per heavy atom. The van der Waals surface area contributed by atoms with E-state index >= 15 is 0 Å². The first-order valence-corrected chi connectivity index (χ1v) is 11.7. The molecule has 2 heterocycles. The number of aryl methyl sites for hydroxylation is 1. The lowest BCUT2D eigenvalue weighted by atomic mass is 10.1. The van der Waals surface area contributed by atoms with Crippen molar-refractivity contribution >= 4 is 34.2 Å². The van der Waals surface area contributed by atoms with Gasteiger partial charge >= 0.3 is 0 Å². The molecular weight excluding hydrogens is 450 g/mol. The number of fused-ring (bicyclic) bond motifs is 1. The molecular formula is C27H26ClN3O3. The number of hydrogen-bond donors (Lipinski definition) is 0. The average molecular weight is 476 g/mol. The molecule has 6 nitrogen and oxygen atoms in total. The Kier molecular flexibility index (Phi) is 6.16. The highest BCUT2D eigenvalue weighted by Gasteiger charge is 2.36. The van der Waals surface area contributed by atoms with Gasteiger partial charge in [0.2, 0.25) is 5.91 Å². The van der Waals surface area contributed by atoms with Crippen LogP contribution in [0.25, 0.3) is 11.0 Å². The zero-order valence-electron chi connectivity index (χ0n) is 19.2. The van der Waals surface area contributed by atoms with E-state index in [1.165, 1.54) is 0 Å². The number of methoxy groups -OCH3 is 1. The van der Waals surface area contributed by atoms with Gasteiger partial charge in [0.25, 0.3) is 0 Å². The van der Waals surface area contributed by atoms with Gasteiger partial charge in [-0.25, -0.2) is 4.98 Å². The first-order valence-electron chi connectivity index (χ1n) is 11.3. The van der Waals surface area contributed by atoms with Gasteiger partial charge in [-0.2, -0.15) is 0 Å². The molecule has 7 heteroatoms. The highest BCUT2D eigenvalue weighted by atomic mass is 35.5. The van der Waals surface area contributed by atoms with Crippen molar-refractivity contribution in [3.63, 3.8) is 0 Å². The van der Waals surface area contributed by atoms with Crippen molar-refractivity contribution in [2.45, 2.75) is 25.8 Å². The van der Waals surface area contributed by atoms with Gasteiger partial charge in [0, 0.05) is 23.9 Å². The van der Waals surface area contributed by atoms with Gasteiger partial charge in [-0.3, -0.25) is 4.79 Å². The fraction of sp³-hybridized carbons (Fsp3) is 0.259. The second-order valence-corrected chi connectivity index (χ2v) is 8.93. The number of para-hydroxylation sites is 2. The van der Waals surface area contributed by atoms with Crippen LogP contribution in [-0.2, 0) is 11.3 Å². The van der Waals surface area contributed by atoms with Crippen LogP contribution in [0.15, 0.2) is 66.7 Å². The number of carbonyl (C=O) groups excluding carboxylic acids is 1. The summed E-state index contributed by atoms with van der Waals surface area (Å²) in [6, 6.07) is 21.4. The maximum Gasteiger partial charge on any atom is 0.227 e. The smallest absolute Gasteiger partial charge is 0.227 e. The number of amides is 1. The van der Waals surface area contributed by atoms with Crippen LogP contribution in [-0.4, -0.2) is 35.7 Å². The van der Waals surface area contributed by atoms with Crippen molar-refractivity contribution in [1.29, 1.82) is 0 Å². The van der Waals surface area contributed by atoms with Crippen LogP contribution >= 0.6 is 11.6 Å². The van der Waals surface area contributed by atoms with E-state index in [0.29, 0.717) is 42.6 Å². The number of imidazole rings is 1. The summed E-state index contributed by atoms with van der Waals surface area (Å²) in [6.45, 7) is 3.70. The molecule has 0 bridgehead atoms. The van der Waals surface area contributed by atoms with Crippen LogP contribution in [0.5, 0.6) is 11.5 Å². The Morgan fingerprint density at radius 2 is 1.94 bits per heavy atom. The normalized spacial score (nSPS) is 15.8. The zero-order chi connectivity index (χ0) is 23.7. The topological polar surface area (TPSA) is 56.6 Å². The average Bonchev–Trinajstić information content (AvgIpc) is 3.39. The summed E-state index contributed by atoms with van der Waals surface area (Å²) >= 11 is 6.23. The molecule has 0 N–H and O–H groups in total. The number of rotatable bonds is 7. The van der Waals surface area contributed by atoms with Gasteiger partial charge in [-0.05, 0) is 55.0 Å². The van der Waals surface area contributed by atoms with Crippen LogP contribution in [0.2, 0.25) is 5.02 Å². The molecule has 0 spiro atoms. The quantitative estimate of drug-likeness (QED) is 0.349. The third kappa shape index (κ3) is 4.33. The van der Waals surface area contributed by atoms with E-state index in [4.69, 9.17) is 26.1 Å². The maximum atomic E-state index is 13.1. The number of aromatic nitrogens is 2. The predicted octanol–water partition coefficient (Wildman–Crippen LogP) is 5.61. The molecule has 4 aromatic rings. The lowest BCUT2D eigenvalue weighted by Crippen LogP contribution is -2.25. The summed E-state index contributed by atoms with van der Waals surface area (Å²) in [5, 5.41) is 0.563. The summed E-state index contributed by atoms with van der Waals surface area (Å²) in [7, 11) is 1.60. The Balaban J connectivity index is 1.42. The van der Waals surface area contributed by atoms with Gasteiger partial charge in [0.15, 0.2) is 0 Å². The lowest BCUT2D eigenvalue weighted by Gasteiger charge is -2.20. The molecule has 0 saturated carbocycles. The van der Waals surface area contributed by atoms with Gasteiger partial charge in [0.05, 0.1) is 30.4 Å². The van der Waals surface area contributed by atoms with Gasteiger partial charge in [0.1, 0.15) is 23.9 Å². The van der Waals surface area contributed by atoms with Crippen LogP contribution < -0.4 is 14.4 Å². The minimum Gasteiger partial charge on any atom is -0.495 e. The molecule has 0 unspecified atom stereocenters. The summed E-state index contributed by atoms with van der Waals surface area (Å²) < 4.78 is 13.7. The summed E-state index contributed by atoms with van der Waals surface area (Å²) in [5.74, 6) is 2.34. The monoisotopic (exact) mass is 475 g/mol. The molecule has 0 radical (unpaired) electrons. The molecule has 5 rings (SSSR count). The Bertz CT molecular complexity index is 1350.